The molecule has 0 spiro atoms. The molecular weight excluding hydrogens is 256 g/mol. The Morgan fingerprint density at radius 3 is 2.95 bits per heavy atom. The number of hydrogen-bond acceptors (Lipinski definition) is 6. The summed E-state index contributed by atoms with van der Waals surface area (Å²) in [6.07, 6.45) is 3.15. The molecule has 0 aliphatic carbocycles. The lowest BCUT2D eigenvalue weighted by atomic mass is 10.1. The summed E-state index contributed by atoms with van der Waals surface area (Å²) in [5.74, 6) is 1.27. The van der Waals surface area contributed by atoms with E-state index < -0.39 is 0 Å². The Kier molecular flexibility index (Phi) is 2.28. The molecule has 20 heavy (non-hydrogen) atoms. The Labute approximate surface area is 112 Å². The van der Waals surface area contributed by atoms with Crippen molar-refractivity contribution in [1.29, 1.82) is 0 Å². The monoisotopic (exact) mass is 264 g/mol. The van der Waals surface area contributed by atoms with Gasteiger partial charge >= 0.3 is 0 Å². The summed E-state index contributed by atoms with van der Waals surface area (Å²) in [7, 11) is 0. The SMILES string of the molecule is c1cc(-c2nc(-c3ncn[nH]3)no2)c2cccnc2c1. The van der Waals surface area contributed by atoms with Crippen molar-refractivity contribution in [3.8, 4) is 23.1 Å². The summed E-state index contributed by atoms with van der Waals surface area (Å²) in [4.78, 5) is 12.6. The lowest BCUT2D eigenvalue weighted by Gasteiger charge is -2.00. The normalized spacial score (nSPS) is 11.0. The second-order valence-electron chi connectivity index (χ2n) is 4.13. The number of hydrogen-bond donors (Lipinski definition) is 1. The number of aromatic nitrogens is 6. The van der Waals surface area contributed by atoms with Crippen LogP contribution in [0.2, 0.25) is 0 Å². The molecule has 7 nitrogen and oxygen atoms in total. The summed E-state index contributed by atoms with van der Waals surface area (Å²) in [6.45, 7) is 0. The van der Waals surface area contributed by atoms with Gasteiger partial charge in [0.25, 0.3) is 5.89 Å². The Bertz CT molecular complexity index is 862. The fourth-order valence-electron chi connectivity index (χ4n) is 2.03. The fraction of sp³-hybridized carbons (Fsp3) is 0. The van der Waals surface area contributed by atoms with E-state index in [4.69, 9.17) is 4.52 Å². The molecular formula is C13H8N6O. The maximum Gasteiger partial charge on any atom is 0.259 e. The number of fused-ring (bicyclic) bond motifs is 1. The quantitative estimate of drug-likeness (QED) is 0.595. The zero-order valence-electron chi connectivity index (χ0n) is 10.2. The third-order valence-corrected chi connectivity index (χ3v) is 2.93. The molecule has 7 heteroatoms. The maximum absolute atomic E-state index is 5.31. The van der Waals surface area contributed by atoms with Gasteiger partial charge in [0.1, 0.15) is 6.33 Å². The van der Waals surface area contributed by atoms with Crippen LogP contribution in [0.1, 0.15) is 0 Å². The van der Waals surface area contributed by atoms with Gasteiger partial charge in [-0.05, 0) is 18.2 Å². The second-order valence-corrected chi connectivity index (χ2v) is 4.13. The van der Waals surface area contributed by atoms with Gasteiger partial charge in [0, 0.05) is 17.1 Å². The fourth-order valence-corrected chi connectivity index (χ4v) is 2.03. The van der Waals surface area contributed by atoms with Gasteiger partial charge in [-0.2, -0.15) is 10.1 Å². The first-order valence-electron chi connectivity index (χ1n) is 5.95. The molecule has 0 fully saturated rings. The van der Waals surface area contributed by atoms with Crippen LogP contribution in [0.3, 0.4) is 0 Å². The Hall–Kier alpha value is -3.09. The number of aromatic amines is 1. The molecule has 0 aliphatic rings. The highest BCUT2D eigenvalue weighted by Crippen LogP contribution is 2.27. The molecule has 0 radical (unpaired) electrons. The number of H-pyrrole nitrogens is 1. The van der Waals surface area contributed by atoms with Crippen LogP contribution < -0.4 is 0 Å². The Morgan fingerprint density at radius 2 is 2.05 bits per heavy atom. The summed E-state index contributed by atoms with van der Waals surface area (Å²) >= 11 is 0. The maximum atomic E-state index is 5.31. The van der Waals surface area contributed by atoms with Gasteiger partial charge in [-0.15, -0.1) is 0 Å². The van der Waals surface area contributed by atoms with Gasteiger partial charge in [-0.3, -0.25) is 10.1 Å². The van der Waals surface area contributed by atoms with E-state index in [1.165, 1.54) is 6.33 Å². The zero-order chi connectivity index (χ0) is 13.4. The smallest absolute Gasteiger partial charge is 0.259 e. The van der Waals surface area contributed by atoms with Crippen LogP contribution in [0.15, 0.2) is 47.4 Å². The number of nitrogens with zero attached hydrogens (tertiary/aromatic N) is 5. The topological polar surface area (TPSA) is 93.4 Å². The predicted octanol–water partition coefficient (Wildman–Crippen LogP) is 2.07. The molecule has 0 aliphatic heterocycles. The van der Waals surface area contributed by atoms with Crippen LogP contribution in [0.4, 0.5) is 0 Å². The van der Waals surface area contributed by atoms with Crippen LogP contribution in [-0.4, -0.2) is 30.3 Å². The van der Waals surface area contributed by atoms with Crippen LogP contribution in [-0.2, 0) is 0 Å². The van der Waals surface area contributed by atoms with Gasteiger partial charge in [-0.25, -0.2) is 4.98 Å². The standard InChI is InChI=1S/C13H8N6O/c1-3-9(8-4-2-6-14-10(8)5-1)13-17-12(19-20-13)11-15-7-16-18-11/h1-7H,(H,15,16,18). The van der Waals surface area contributed by atoms with Crippen molar-refractivity contribution in [3.63, 3.8) is 0 Å². The van der Waals surface area contributed by atoms with E-state index in [1.54, 1.807) is 6.20 Å². The van der Waals surface area contributed by atoms with Crippen molar-refractivity contribution >= 4 is 10.9 Å². The van der Waals surface area contributed by atoms with Crippen LogP contribution in [0.5, 0.6) is 0 Å². The van der Waals surface area contributed by atoms with Crippen LogP contribution in [0.25, 0.3) is 34.0 Å². The molecule has 0 saturated carbocycles. The minimum absolute atomic E-state index is 0.374. The minimum Gasteiger partial charge on any atom is -0.333 e. The van der Waals surface area contributed by atoms with Gasteiger partial charge in [0.05, 0.1) is 5.52 Å². The highest BCUT2D eigenvalue weighted by Gasteiger charge is 2.14. The summed E-state index contributed by atoms with van der Waals surface area (Å²) in [6, 6.07) is 9.60. The lowest BCUT2D eigenvalue weighted by molar-refractivity contribution is 0.432. The molecule has 0 bridgehead atoms. The second kappa shape index (κ2) is 4.23. The number of benzene rings is 1. The van der Waals surface area contributed by atoms with E-state index in [2.05, 4.69) is 30.3 Å². The summed E-state index contributed by atoms with van der Waals surface area (Å²) < 4.78 is 5.31. The molecule has 3 aromatic heterocycles. The van der Waals surface area contributed by atoms with Crippen molar-refractivity contribution < 1.29 is 4.52 Å². The van der Waals surface area contributed by atoms with Crippen molar-refractivity contribution in [2.24, 2.45) is 0 Å². The van der Waals surface area contributed by atoms with E-state index in [0.29, 0.717) is 17.5 Å². The highest BCUT2D eigenvalue weighted by atomic mass is 16.5. The largest absolute Gasteiger partial charge is 0.333 e. The molecule has 4 rings (SSSR count). The number of rotatable bonds is 2. The Balaban J connectivity index is 1.88. The molecule has 96 valence electrons. The average molecular weight is 264 g/mol. The van der Waals surface area contributed by atoms with Crippen molar-refractivity contribution in [3.05, 3.63) is 42.9 Å². The first-order valence-corrected chi connectivity index (χ1v) is 5.95. The van der Waals surface area contributed by atoms with Crippen LogP contribution in [0, 0.1) is 0 Å². The van der Waals surface area contributed by atoms with Gasteiger partial charge < -0.3 is 4.52 Å². The zero-order valence-corrected chi connectivity index (χ0v) is 10.2. The van der Waals surface area contributed by atoms with Gasteiger partial charge in [0.15, 0.2) is 5.82 Å². The van der Waals surface area contributed by atoms with E-state index in [0.717, 1.165) is 16.5 Å². The number of pyridine rings is 1. The molecule has 4 aromatic rings. The molecule has 0 atom stereocenters. The third kappa shape index (κ3) is 1.64. The van der Waals surface area contributed by atoms with Gasteiger partial charge in [0.2, 0.25) is 5.82 Å². The summed E-state index contributed by atoms with van der Waals surface area (Å²) in [5, 5.41) is 11.3. The lowest BCUT2D eigenvalue weighted by Crippen LogP contribution is -1.85. The van der Waals surface area contributed by atoms with Crippen LogP contribution >= 0.6 is 0 Å². The van der Waals surface area contributed by atoms with E-state index in [1.807, 2.05) is 30.3 Å². The molecule has 1 N–H and O–H groups in total. The number of nitrogens with one attached hydrogen (secondary N) is 1. The van der Waals surface area contributed by atoms with Crippen molar-refractivity contribution in [2.75, 3.05) is 0 Å². The first kappa shape index (κ1) is 10.8. The van der Waals surface area contributed by atoms with E-state index >= 15 is 0 Å². The van der Waals surface area contributed by atoms with E-state index in [9.17, 15) is 0 Å². The van der Waals surface area contributed by atoms with Gasteiger partial charge in [-0.1, -0.05) is 17.3 Å². The molecule has 0 amide bonds. The van der Waals surface area contributed by atoms with Crippen molar-refractivity contribution in [2.45, 2.75) is 0 Å². The minimum atomic E-state index is 0.374. The highest BCUT2D eigenvalue weighted by molar-refractivity contribution is 5.92. The molecule has 0 saturated heterocycles. The average Bonchev–Trinajstić information content (AvgIpc) is 3.17. The summed E-state index contributed by atoms with van der Waals surface area (Å²) in [5.41, 5.74) is 1.72. The molecule has 1 aromatic carbocycles. The molecule has 3 heterocycles. The Morgan fingerprint density at radius 1 is 1.05 bits per heavy atom. The predicted molar refractivity (Wildman–Crippen MR) is 70.4 cm³/mol. The van der Waals surface area contributed by atoms with Crippen molar-refractivity contribution in [1.82, 2.24) is 30.3 Å². The third-order valence-electron chi connectivity index (χ3n) is 2.93. The molecule has 0 unspecified atom stereocenters. The first-order chi connectivity index (χ1) is 9.92. The van der Waals surface area contributed by atoms with E-state index in [-0.39, 0.29) is 0 Å².